The highest BCUT2D eigenvalue weighted by molar-refractivity contribution is 6.02. The molecule has 3 heteroatoms. The van der Waals surface area contributed by atoms with Gasteiger partial charge >= 0.3 is 0 Å². The van der Waals surface area contributed by atoms with Crippen LogP contribution in [-0.2, 0) is 13.0 Å². The second-order valence-corrected chi connectivity index (χ2v) is 4.90. The first kappa shape index (κ1) is 12.2. The third-order valence-corrected chi connectivity index (χ3v) is 3.61. The van der Waals surface area contributed by atoms with Crippen molar-refractivity contribution < 1.29 is 0 Å². The molecular formula is C16H19N3. The maximum Gasteiger partial charge on any atom is 0.109 e. The summed E-state index contributed by atoms with van der Waals surface area (Å²) in [6, 6.07) is 8.33. The molecule has 98 valence electrons. The van der Waals surface area contributed by atoms with Crippen LogP contribution in [0.25, 0.3) is 21.9 Å². The minimum Gasteiger partial charge on any atom is -0.327 e. The largest absolute Gasteiger partial charge is 0.327 e. The Hall–Kier alpha value is -1.90. The smallest absolute Gasteiger partial charge is 0.109 e. The van der Waals surface area contributed by atoms with E-state index >= 15 is 0 Å². The van der Waals surface area contributed by atoms with E-state index in [1.807, 2.05) is 12.3 Å². The minimum absolute atomic E-state index is 0.965. The monoisotopic (exact) mass is 253 g/mol. The standard InChI is InChI=1S/C16H19N3/c1-3-5-10-19-15(4-2)18-14-11-17-13-9-7-6-8-12(13)16(14)19/h6-9,11H,3-5,10H2,1-2H3. The second kappa shape index (κ2) is 5.00. The average molecular weight is 253 g/mol. The van der Waals surface area contributed by atoms with E-state index in [2.05, 4.69) is 41.6 Å². The predicted octanol–water partition coefficient (Wildman–Crippen LogP) is 3.95. The number of hydrogen-bond donors (Lipinski definition) is 0. The Morgan fingerprint density at radius 3 is 2.74 bits per heavy atom. The van der Waals surface area contributed by atoms with Crippen molar-refractivity contribution in [1.29, 1.82) is 0 Å². The van der Waals surface area contributed by atoms with E-state index in [1.165, 1.54) is 29.6 Å². The van der Waals surface area contributed by atoms with Gasteiger partial charge in [0.1, 0.15) is 11.3 Å². The lowest BCUT2D eigenvalue weighted by Crippen LogP contribution is -2.03. The van der Waals surface area contributed by atoms with Gasteiger partial charge in [-0.25, -0.2) is 4.98 Å². The zero-order valence-electron chi connectivity index (χ0n) is 11.6. The van der Waals surface area contributed by atoms with Gasteiger partial charge in [0.05, 0.1) is 17.2 Å². The molecule has 0 amide bonds. The van der Waals surface area contributed by atoms with E-state index in [0.717, 1.165) is 24.0 Å². The number of aryl methyl sites for hydroxylation is 2. The van der Waals surface area contributed by atoms with Crippen LogP contribution in [0.5, 0.6) is 0 Å². The molecule has 0 aliphatic carbocycles. The van der Waals surface area contributed by atoms with Crippen LogP contribution in [0, 0.1) is 0 Å². The van der Waals surface area contributed by atoms with Crippen LogP contribution in [0.2, 0.25) is 0 Å². The number of rotatable bonds is 4. The summed E-state index contributed by atoms with van der Waals surface area (Å²) in [5.41, 5.74) is 3.32. The Balaban J connectivity index is 2.32. The predicted molar refractivity (Wildman–Crippen MR) is 79.3 cm³/mol. The van der Waals surface area contributed by atoms with Gasteiger partial charge in [0.15, 0.2) is 0 Å². The number of pyridine rings is 1. The molecule has 0 saturated heterocycles. The molecule has 0 N–H and O–H groups in total. The van der Waals surface area contributed by atoms with Gasteiger partial charge in [-0.05, 0) is 12.5 Å². The molecule has 0 saturated carbocycles. The van der Waals surface area contributed by atoms with Gasteiger partial charge in [0.2, 0.25) is 0 Å². The van der Waals surface area contributed by atoms with Gasteiger partial charge in [-0.3, -0.25) is 4.98 Å². The molecule has 2 aromatic heterocycles. The fourth-order valence-electron chi connectivity index (χ4n) is 2.64. The molecule has 2 heterocycles. The van der Waals surface area contributed by atoms with E-state index in [4.69, 9.17) is 4.98 Å². The highest BCUT2D eigenvalue weighted by Crippen LogP contribution is 2.25. The lowest BCUT2D eigenvalue weighted by atomic mass is 10.2. The lowest BCUT2D eigenvalue weighted by Gasteiger charge is -2.08. The van der Waals surface area contributed by atoms with Crippen molar-refractivity contribution in [2.75, 3.05) is 0 Å². The summed E-state index contributed by atoms with van der Waals surface area (Å²) >= 11 is 0. The van der Waals surface area contributed by atoms with Crippen molar-refractivity contribution in [2.24, 2.45) is 0 Å². The summed E-state index contributed by atoms with van der Waals surface area (Å²) in [5, 5.41) is 1.21. The van der Waals surface area contributed by atoms with Gasteiger partial charge in [0.25, 0.3) is 0 Å². The average Bonchev–Trinajstić information content (AvgIpc) is 2.83. The van der Waals surface area contributed by atoms with Crippen molar-refractivity contribution >= 4 is 21.9 Å². The molecule has 0 atom stereocenters. The Morgan fingerprint density at radius 1 is 1.11 bits per heavy atom. The van der Waals surface area contributed by atoms with E-state index in [0.29, 0.717) is 0 Å². The van der Waals surface area contributed by atoms with Gasteiger partial charge in [-0.2, -0.15) is 0 Å². The summed E-state index contributed by atoms with van der Waals surface area (Å²) in [6.45, 7) is 5.44. The molecule has 0 aliphatic rings. The quantitative estimate of drug-likeness (QED) is 0.705. The van der Waals surface area contributed by atoms with Gasteiger partial charge in [-0.15, -0.1) is 0 Å². The van der Waals surface area contributed by atoms with Crippen LogP contribution >= 0.6 is 0 Å². The molecule has 0 fully saturated rings. The molecule has 19 heavy (non-hydrogen) atoms. The molecule has 1 aromatic carbocycles. The maximum atomic E-state index is 4.73. The SMILES string of the molecule is CCCCn1c(CC)nc2cnc3ccccc3c21. The molecule has 0 spiro atoms. The number of hydrogen-bond acceptors (Lipinski definition) is 2. The topological polar surface area (TPSA) is 30.7 Å². The van der Waals surface area contributed by atoms with Gasteiger partial charge in [-0.1, -0.05) is 38.5 Å². The Bertz CT molecular complexity index is 712. The Kier molecular flexibility index (Phi) is 3.20. The van der Waals surface area contributed by atoms with E-state index < -0.39 is 0 Å². The normalized spacial score (nSPS) is 11.5. The van der Waals surface area contributed by atoms with Crippen LogP contribution in [0.3, 0.4) is 0 Å². The molecule has 0 aliphatic heterocycles. The van der Waals surface area contributed by atoms with Crippen LogP contribution in [0.4, 0.5) is 0 Å². The van der Waals surface area contributed by atoms with Gasteiger partial charge < -0.3 is 4.57 Å². The number of para-hydroxylation sites is 1. The summed E-state index contributed by atoms with van der Waals surface area (Å²) in [6.07, 6.45) is 5.26. The Morgan fingerprint density at radius 2 is 1.95 bits per heavy atom. The van der Waals surface area contributed by atoms with Crippen LogP contribution < -0.4 is 0 Å². The van der Waals surface area contributed by atoms with E-state index in [1.54, 1.807) is 0 Å². The molecular weight excluding hydrogens is 234 g/mol. The van der Waals surface area contributed by atoms with Crippen molar-refractivity contribution in [3.63, 3.8) is 0 Å². The van der Waals surface area contributed by atoms with Crippen molar-refractivity contribution in [3.05, 3.63) is 36.3 Å². The third kappa shape index (κ3) is 1.99. The first-order chi connectivity index (χ1) is 9.35. The van der Waals surface area contributed by atoms with Crippen LogP contribution in [-0.4, -0.2) is 14.5 Å². The summed E-state index contributed by atoms with van der Waals surface area (Å²) in [4.78, 5) is 9.24. The van der Waals surface area contributed by atoms with E-state index in [-0.39, 0.29) is 0 Å². The first-order valence-corrected chi connectivity index (χ1v) is 7.08. The lowest BCUT2D eigenvalue weighted by molar-refractivity contribution is 0.621. The van der Waals surface area contributed by atoms with Gasteiger partial charge in [0, 0.05) is 18.4 Å². The molecule has 0 bridgehead atoms. The minimum atomic E-state index is 0.965. The Labute approximate surface area is 113 Å². The number of benzene rings is 1. The summed E-state index contributed by atoms with van der Waals surface area (Å²) < 4.78 is 2.38. The molecule has 3 rings (SSSR count). The molecule has 0 radical (unpaired) electrons. The third-order valence-electron chi connectivity index (χ3n) is 3.61. The maximum absolute atomic E-state index is 4.73. The fraction of sp³-hybridized carbons (Fsp3) is 0.375. The highest BCUT2D eigenvalue weighted by Gasteiger charge is 2.12. The second-order valence-electron chi connectivity index (χ2n) is 4.90. The number of fused-ring (bicyclic) bond motifs is 3. The number of aromatic nitrogens is 3. The number of imidazole rings is 1. The summed E-state index contributed by atoms with van der Waals surface area (Å²) in [7, 11) is 0. The molecule has 3 aromatic rings. The van der Waals surface area contributed by atoms with Crippen molar-refractivity contribution in [1.82, 2.24) is 14.5 Å². The molecule has 3 nitrogen and oxygen atoms in total. The number of unbranched alkanes of at least 4 members (excludes halogenated alkanes) is 1. The van der Waals surface area contributed by atoms with E-state index in [9.17, 15) is 0 Å². The van der Waals surface area contributed by atoms with Crippen molar-refractivity contribution in [2.45, 2.75) is 39.7 Å². The van der Waals surface area contributed by atoms with Crippen LogP contribution in [0.15, 0.2) is 30.5 Å². The number of nitrogens with zero attached hydrogens (tertiary/aromatic N) is 3. The van der Waals surface area contributed by atoms with Crippen LogP contribution in [0.1, 0.15) is 32.5 Å². The van der Waals surface area contributed by atoms with Crippen molar-refractivity contribution in [3.8, 4) is 0 Å². The highest BCUT2D eigenvalue weighted by atomic mass is 15.1. The molecule has 0 unspecified atom stereocenters. The zero-order chi connectivity index (χ0) is 13.2. The zero-order valence-corrected chi connectivity index (χ0v) is 11.6. The summed E-state index contributed by atoms with van der Waals surface area (Å²) in [5.74, 6) is 1.17. The fourth-order valence-corrected chi connectivity index (χ4v) is 2.64. The first-order valence-electron chi connectivity index (χ1n) is 7.08.